The molecule has 0 aliphatic carbocycles. The van der Waals surface area contributed by atoms with Gasteiger partial charge in [0.05, 0.1) is 16.8 Å². The molecule has 1 aliphatic heterocycles. The van der Waals surface area contributed by atoms with E-state index in [4.69, 9.17) is 23.8 Å². The summed E-state index contributed by atoms with van der Waals surface area (Å²) in [4.78, 5) is 15.8. The van der Waals surface area contributed by atoms with E-state index in [-0.39, 0.29) is 0 Å². The third-order valence-corrected chi connectivity index (χ3v) is 11.3. The SMILES string of the molecule is c1ccc(-c2ccc(C3N=C(c4cccc5c4oc4c5ccc5c(-c6ccccc6)nc6ccccc6c54)N=C(c4cccc5oc6ccccc6c45)N3)cc2)cc1. The van der Waals surface area contributed by atoms with E-state index in [2.05, 4.69) is 139 Å². The van der Waals surface area contributed by atoms with Crippen LogP contribution in [0.5, 0.6) is 0 Å². The molecule has 12 rings (SSSR count). The van der Waals surface area contributed by atoms with E-state index in [1.165, 1.54) is 5.56 Å². The van der Waals surface area contributed by atoms with Crippen molar-refractivity contribution in [3.63, 3.8) is 0 Å². The van der Waals surface area contributed by atoms with Crippen molar-refractivity contribution in [2.75, 3.05) is 0 Å². The van der Waals surface area contributed by atoms with Crippen molar-refractivity contribution in [1.82, 2.24) is 10.3 Å². The summed E-state index contributed by atoms with van der Waals surface area (Å²) in [5.41, 5.74) is 11.2. The molecule has 11 aromatic rings. The number of para-hydroxylation sites is 3. The minimum atomic E-state index is -0.426. The number of furan rings is 2. The fourth-order valence-electron chi connectivity index (χ4n) is 8.62. The van der Waals surface area contributed by atoms with Crippen LogP contribution in [0.15, 0.2) is 201 Å². The molecule has 1 unspecified atom stereocenters. The van der Waals surface area contributed by atoms with E-state index in [0.717, 1.165) is 99.1 Å². The third-order valence-electron chi connectivity index (χ3n) is 11.3. The van der Waals surface area contributed by atoms with Gasteiger partial charge in [0.15, 0.2) is 5.84 Å². The molecule has 0 radical (unpaired) electrons. The first-order valence-corrected chi connectivity index (χ1v) is 19.5. The molecule has 272 valence electrons. The first kappa shape index (κ1) is 32.4. The fourth-order valence-corrected chi connectivity index (χ4v) is 8.62. The molecule has 1 atom stereocenters. The largest absolute Gasteiger partial charge is 0.456 e. The molecule has 58 heavy (non-hydrogen) atoms. The van der Waals surface area contributed by atoms with Crippen LogP contribution in [-0.4, -0.2) is 16.7 Å². The second-order valence-corrected chi connectivity index (χ2v) is 14.7. The molecular weight excluding hydrogens is 713 g/mol. The van der Waals surface area contributed by atoms with E-state index in [0.29, 0.717) is 11.7 Å². The molecule has 4 heterocycles. The lowest BCUT2D eigenvalue weighted by Gasteiger charge is -2.24. The molecule has 0 spiro atoms. The molecule has 1 N–H and O–H groups in total. The summed E-state index contributed by atoms with van der Waals surface area (Å²) >= 11 is 0. The van der Waals surface area contributed by atoms with Gasteiger partial charge in [0.25, 0.3) is 0 Å². The normalized spacial score (nSPS) is 14.4. The van der Waals surface area contributed by atoms with Crippen LogP contribution in [0, 0.1) is 0 Å². The van der Waals surface area contributed by atoms with Gasteiger partial charge in [0.2, 0.25) is 0 Å². The highest BCUT2D eigenvalue weighted by Crippen LogP contribution is 2.42. The van der Waals surface area contributed by atoms with Gasteiger partial charge < -0.3 is 14.2 Å². The van der Waals surface area contributed by atoms with Gasteiger partial charge in [-0.1, -0.05) is 152 Å². The molecule has 0 saturated carbocycles. The average molecular weight is 745 g/mol. The average Bonchev–Trinajstić information content (AvgIpc) is 3.88. The lowest BCUT2D eigenvalue weighted by atomic mass is 9.97. The van der Waals surface area contributed by atoms with Crippen molar-refractivity contribution < 1.29 is 8.83 Å². The number of nitrogens with one attached hydrogen (secondary N) is 1. The zero-order chi connectivity index (χ0) is 38.2. The van der Waals surface area contributed by atoms with Crippen molar-refractivity contribution in [3.05, 3.63) is 199 Å². The summed E-state index contributed by atoms with van der Waals surface area (Å²) in [6, 6.07) is 62.6. The lowest BCUT2D eigenvalue weighted by Crippen LogP contribution is -2.33. The Bertz CT molecular complexity index is 3470. The maximum Gasteiger partial charge on any atom is 0.163 e. The topological polar surface area (TPSA) is 75.9 Å². The zero-order valence-electron chi connectivity index (χ0n) is 31.1. The standard InChI is InChI=1S/C52H32N4O2/c1-3-13-31(14-4-1)32-25-27-34(28-26-32)50-54-51(40-20-12-24-44-45(40)38-18-8-10-23-43(38)57-44)56-52(55-50)41-21-11-19-35-36-29-30-39-46(49(36)58-48(35)41)37-17-7-9-22-42(37)53-47(39)33-15-5-2-6-16-33/h1-30,50H,(H,54,55,56). The number of fused-ring (bicyclic) bond motifs is 10. The fraction of sp³-hybridized carbons (Fsp3) is 0.0192. The Hall–Kier alpha value is -7.83. The number of nitrogens with zero attached hydrogens (tertiary/aromatic N) is 3. The number of aliphatic imine (C=N–C) groups is 2. The van der Waals surface area contributed by atoms with Crippen LogP contribution >= 0.6 is 0 Å². The predicted octanol–water partition coefficient (Wildman–Crippen LogP) is 13.0. The van der Waals surface area contributed by atoms with Gasteiger partial charge in [0, 0.05) is 48.8 Å². The van der Waals surface area contributed by atoms with Crippen LogP contribution in [0.1, 0.15) is 22.9 Å². The van der Waals surface area contributed by atoms with Crippen molar-refractivity contribution >= 4 is 77.2 Å². The Balaban J connectivity index is 1.08. The molecular formula is C52H32N4O2. The molecule has 0 fully saturated rings. The van der Waals surface area contributed by atoms with Crippen LogP contribution in [0.25, 0.3) is 87.9 Å². The summed E-state index contributed by atoms with van der Waals surface area (Å²) in [6.07, 6.45) is -0.426. The number of pyridine rings is 1. The predicted molar refractivity (Wildman–Crippen MR) is 237 cm³/mol. The van der Waals surface area contributed by atoms with Crippen molar-refractivity contribution in [2.24, 2.45) is 9.98 Å². The Labute approximate surface area is 332 Å². The van der Waals surface area contributed by atoms with Crippen LogP contribution in [0.3, 0.4) is 0 Å². The van der Waals surface area contributed by atoms with Crippen LogP contribution in [0.2, 0.25) is 0 Å². The highest BCUT2D eigenvalue weighted by molar-refractivity contribution is 6.27. The van der Waals surface area contributed by atoms with Gasteiger partial charge in [-0.25, -0.2) is 15.0 Å². The van der Waals surface area contributed by atoms with Gasteiger partial charge in [-0.2, -0.15) is 0 Å². The Morgan fingerprint density at radius 1 is 0.431 bits per heavy atom. The molecule has 1 aliphatic rings. The number of hydrogen-bond donors (Lipinski definition) is 1. The minimum Gasteiger partial charge on any atom is -0.456 e. The third kappa shape index (κ3) is 5.09. The number of hydrogen-bond acceptors (Lipinski definition) is 6. The van der Waals surface area contributed by atoms with Crippen molar-refractivity contribution in [2.45, 2.75) is 6.17 Å². The van der Waals surface area contributed by atoms with E-state index >= 15 is 0 Å². The summed E-state index contributed by atoms with van der Waals surface area (Å²) in [5, 5.41) is 10.9. The molecule has 8 aromatic carbocycles. The summed E-state index contributed by atoms with van der Waals surface area (Å²) in [7, 11) is 0. The van der Waals surface area contributed by atoms with Gasteiger partial charge in [-0.05, 0) is 47.0 Å². The highest BCUT2D eigenvalue weighted by atomic mass is 16.3. The molecule has 0 amide bonds. The number of rotatable bonds is 5. The molecule has 6 heteroatoms. The second-order valence-electron chi connectivity index (χ2n) is 14.7. The van der Waals surface area contributed by atoms with Crippen LogP contribution in [0.4, 0.5) is 0 Å². The monoisotopic (exact) mass is 744 g/mol. The molecule has 6 nitrogen and oxygen atoms in total. The van der Waals surface area contributed by atoms with E-state index in [1.54, 1.807) is 0 Å². The van der Waals surface area contributed by atoms with Crippen molar-refractivity contribution in [1.29, 1.82) is 0 Å². The van der Waals surface area contributed by atoms with E-state index in [1.807, 2.05) is 48.5 Å². The summed E-state index contributed by atoms with van der Waals surface area (Å²) < 4.78 is 13.4. The summed E-state index contributed by atoms with van der Waals surface area (Å²) in [5.74, 6) is 1.29. The van der Waals surface area contributed by atoms with Gasteiger partial charge in [-0.15, -0.1) is 0 Å². The Morgan fingerprint density at radius 3 is 1.91 bits per heavy atom. The Morgan fingerprint density at radius 2 is 1.07 bits per heavy atom. The minimum absolute atomic E-state index is 0.426. The van der Waals surface area contributed by atoms with Gasteiger partial charge in [-0.3, -0.25) is 0 Å². The van der Waals surface area contributed by atoms with Crippen molar-refractivity contribution in [3.8, 4) is 22.4 Å². The quantitative estimate of drug-likeness (QED) is 0.178. The first-order chi connectivity index (χ1) is 28.7. The molecule has 0 saturated heterocycles. The van der Waals surface area contributed by atoms with E-state index < -0.39 is 6.17 Å². The summed E-state index contributed by atoms with van der Waals surface area (Å²) in [6.45, 7) is 0. The number of amidine groups is 2. The number of aromatic nitrogens is 1. The van der Waals surface area contributed by atoms with Crippen LogP contribution in [-0.2, 0) is 0 Å². The van der Waals surface area contributed by atoms with Crippen LogP contribution < -0.4 is 5.32 Å². The number of benzene rings is 8. The Kier molecular flexibility index (Phi) is 7.19. The molecule has 3 aromatic heterocycles. The highest BCUT2D eigenvalue weighted by Gasteiger charge is 2.26. The first-order valence-electron chi connectivity index (χ1n) is 19.5. The van der Waals surface area contributed by atoms with Gasteiger partial charge >= 0.3 is 0 Å². The van der Waals surface area contributed by atoms with Gasteiger partial charge in [0.1, 0.15) is 34.3 Å². The smallest absolute Gasteiger partial charge is 0.163 e. The zero-order valence-corrected chi connectivity index (χ0v) is 31.1. The molecule has 0 bridgehead atoms. The lowest BCUT2D eigenvalue weighted by molar-refractivity contribution is 0.664. The second kappa shape index (κ2) is 12.9. The van der Waals surface area contributed by atoms with E-state index in [9.17, 15) is 0 Å². The maximum atomic E-state index is 7.10. The maximum absolute atomic E-state index is 7.10.